The van der Waals surface area contributed by atoms with Crippen molar-refractivity contribution >= 4 is 17.9 Å². The van der Waals surface area contributed by atoms with E-state index in [1.165, 1.54) is 7.11 Å². The molecule has 36 heavy (non-hydrogen) atoms. The summed E-state index contributed by atoms with van der Waals surface area (Å²) in [5.41, 5.74) is 1.69. The highest BCUT2D eigenvalue weighted by atomic mass is 16.5. The molecule has 1 aromatic carbocycles. The molecule has 10 nitrogen and oxygen atoms in total. The first-order valence-electron chi connectivity index (χ1n) is 12.5. The largest absolute Gasteiger partial charge is 0.493 e. The van der Waals surface area contributed by atoms with Gasteiger partial charge >= 0.3 is 12.0 Å². The minimum atomic E-state index is -0.710. The monoisotopic (exact) mass is 502 g/mol. The van der Waals surface area contributed by atoms with Gasteiger partial charge in [0.05, 0.1) is 32.4 Å². The molecule has 0 unspecified atom stereocenters. The van der Waals surface area contributed by atoms with Crippen LogP contribution in [-0.2, 0) is 14.3 Å². The van der Waals surface area contributed by atoms with Crippen molar-refractivity contribution in [2.45, 2.75) is 33.7 Å². The van der Waals surface area contributed by atoms with Crippen LogP contribution in [0.25, 0.3) is 0 Å². The number of methoxy groups -OCH3 is 2. The quantitative estimate of drug-likeness (QED) is 0.518. The Bertz CT molecular complexity index is 1000. The summed E-state index contributed by atoms with van der Waals surface area (Å²) in [6.07, 6.45) is 0. The first kappa shape index (κ1) is 27.3. The van der Waals surface area contributed by atoms with Gasteiger partial charge in [-0.25, -0.2) is 9.59 Å². The number of urea groups is 1. The van der Waals surface area contributed by atoms with Gasteiger partial charge in [0.25, 0.3) is 0 Å². The molecule has 3 rings (SSSR count). The lowest BCUT2D eigenvalue weighted by Crippen LogP contribution is -2.54. The zero-order valence-electron chi connectivity index (χ0n) is 22.1. The Morgan fingerprint density at radius 2 is 1.72 bits per heavy atom. The van der Waals surface area contributed by atoms with Crippen LogP contribution < -0.4 is 14.8 Å². The first-order valence-corrected chi connectivity index (χ1v) is 12.5. The zero-order valence-corrected chi connectivity index (χ0v) is 22.1. The Labute approximate surface area is 213 Å². The van der Waals surface area contributed by atoms with E-state index in [4.69, 9.17) is 14.2 Å². The van der Waals surface area contributed by atoms with Crippen molar-refractivity contribution in [3.63, 3.8) is 0 Å². The van der Waals surface area contributed by atoms with Crippen molar-refractivity contribution < 1.29 is 28.6 Å². The fraction of sp³-hybridized carbons (Fsp3) is 0.577. The molecule has 198 valence electrons. The maximum Gasteiger partial charge on any atom is 0.338 e. The van der Waals surface area contributed by atoms with Gasteiger partial charge < -0.3 is 24.4 Å². The highest BCUT2D eigenvalue weighted by Gasteiger charge is 2.39. The second kappa shape index (κ2) is 12.1. The predicted molar refractivity (Wildman–Crippen MR) is 135 cm³/mol. The van der Waals surface area contributed by atoms with Gasteiger partial charge in [-0.3, -0.25) is 14.6 Å². The highest BCUT2D eigenvalue weighted by Crippen LogP contribution is 2.36. The van der Waals surface area contributed by atoms with E-state index in [9.17, 15) is 14.4 Å². The summed E-state index contributed by atoms with van der Waals surface area (Å²) in [6, 6.07) is 4.33. The average molecular weight is 503 g/mol. The lowest BCUT2D eigenvalue weighted by Gasteiger charge is -2.40. The topological polar surface area (TPSA) is 101 Å². The Kier molecular flexibility index (Phi) is 9.19. The first-order chi connectivity index (χ1) is 17.2. The molecule has 1 atom stereocenters. The summed E-state index contributed by atoms with van der Waals surface area (Å²) < 4.78 is 16.3. The molecule has 2 aliphatic heterocycles. The summed E-state index contributed by atoms with van der Waals surface area (Å²) in [6.45, 7) is 11.0. The number of carbonyl (C=O) groups is 3. The Hall–Kier alpha value is -3.27. The van der Waals surface area contributed by atoms with E-state index >= 15 is 0 Å². The molecule has 0 aliphatic carbocycles. The second-order valence-corrected chi connectivity index (χ2v) is 9.08. The molecular weight excluding hydrogens is 464 g/mol. The van der Waals surface area contributed by atoms with Gasteiger partial charge in [0.15, 0.2) is 11.5 Å². The SMILES string of the molecule is CCOC(=O)C1=C(CN2CCN(C(=O)C(C)C)CC2)N(CC)C(=O)N[C@@H]1c1ccc(OC)c(OC)c1. The lowest BCUT2D eigenvalue weighted by molar-refractivity contribution is -0.139. The van der Waals surface area contributed by atoms with Gasteiger partial charge in [0.2, 0.25) is 5.91 Å². The number of hydrogen-bond donors (Lipinski definition) is 1. The van der Waals surface area contributed by atoms with E-state index in [0.717, 1.165) is 0 Å². The van der Waals surface area contributed by atoms with Gasteiger partial charge in [0, 0.05) is 50.9 Å². The number of ether oxygens (including phenoxy) is 3. The van der Waals surface area contributed by atoms with E-state index in [1.807, 2.05) is 25.7 Å². The molecule has 0 aromatic heterocycles. The lowest BCUT2D eigenvalue weighted by atomic mass is 9.93. The van der Waals surface area contributed by atoms with Gasteiger partial charge in [-0.15, -0.1) is 0 Å². The number of hydrogen-bond acceptors (Lipinski definition) is 7. The van der Waals surface area contributed by atoms with Crippen LogP contribution in [0.1, 0.15) is 39.3 Å². The molecule has 3 amide bonds. The third kappa shape index (κ3) is 5.75. The van der Waals surface area contributed by atoms with Crippen molar-refractivity contribution in [1.82, 2.24) is 20.0 Å². The number of benzene rings is 1. The standard InChI is InChI=1S/C26H38N4O6/c1-7-30-19(16-28-11-13-29(14-12-28)24(31)17(3)4)22(25(32)36-8-2)23(27-26(30)33)18-9-10-20(34-5)21(15-18)35-6/h9-10,15,17,23H,7-8,11-14,16H2,1-6H3,(H,27,33)/t23-/m1/s1. The number of likely N-dealkylation sites (N-methyl/N-ethyl adjacent to an activating group) is 1. The van der Waals surface area contributed by atoms with Crippen LogP contribution in [0.4, 0.5) is 4.79 Å². The highest BCUT2D eigenvalue weighted by molar-refractivity contribution is 5.95. The van der Waals surface area contributed by atoms with Crippen LogP contribution in [0.3, 0.4) is 0 Å². The maximum atomic E-state index is 13.3. The van der Waals surface area contributed by atoms with Crippen molar-refractivity contribution in [2.75, 3.05) is 60.1 Å². The minimum absolute atomic E-state index is 0.0467. The normalized spacial score (nSPS) is 18.9. The van der Waals surface area contributed by atoms with Crippen LogP contribution in [0, 0.1) is 5.92 Å². The Morgan fingerprint density at radius 3 is 2.28 bits per heavy atom. The number of rotatable bonds is 9. The molecule has 1 saturated heterocycles. The Balaban J connectivity index is 1.99. The molecule has 0 saturated carbocycles. The summed E-state index contributed by atoms with van der Waals surface area (Å²) in [5.74, 6) is 0.669. The average Bonchev–Trinajstić information content (AvgIpc) is 2.88. The van der Waals surface area contributed by atoms with Crippen LogP contribution in [-0.4, -0.2) is 92.7 Å². The van der Waals surface area contributed by atoms with Gasteiger partial charge in [-0.1, -0.05) is 19.9 Å². The number of carbonyl (C=O) groups excluding carboxylic acids is 3. The van der Waals surface area contributed by atoms with Gasteiger partial charge in [-0.2, -0.15) is 0 Å². The van der Waals surface area contributed by atoms with Crippen molar-refractivity contribution in [3.8, 4) is 11.5 Å². The summed E-state index contributed by atoms with van der Waals surface area (Å²) in [7, 11) is 3.09. The molecule has 0 bridgehead atoms. The zero-order chi connectivity index (χ0) is 26.4. The molecule has 1 N–H and O–H groups in total. The second-order valence-electron chi connectivity index (χ2n) is 9.08. The van der Waals surface area contributed by atoms with Crippen LogP contribution in [0.5, 0.6) is 11.5 Å². The fourth-order valence-electron chi connectivity index (χ4n) is 4.64. The van der Waals surface area contributed by atoms with Crippen LogP contribution in [0.15, 0.2) is 29.5 Å². The third-order valence-corrected chi connectivity index (χ3v) is 6.54. The molecule has 1 aromatic rings. The fourth-order valence-corrected chi connectivity index (χ4v) is 4.64. The van der Waals surface area contributed by atoms with Gasteiger partial charge in [0.1, 0.15) is 0 Å². The molecule has 2 heterocycles. The van der Waals surface area contributed by atoms with Crippen molar-refractivity contribution in [2.24, 2.45) is 5.92 Å². The van der Waals surface area contributed by atoms with Crippen LogP contribution in [0.2, 0.25) is 0 Å². The molecule has 1 fully saturated rings. The predicted octanol–water partition coefficient (Wildman–Crippen LogP) is 2.41. The maximum absolute atomic E-state index is 13.3. The van der Waals surface area contributed by atoms with E-state index in [1.54, 1.807) is 37.1 Å². The number of esters is 1. The van der Waals surface area contributed by atoms with Gasteiger partial charge in [-0.05, 0) is 31.5 Å². The molecule has 2 aliphatic rings. The number of nitrogens with zero attached hydrogens (tertiary/aromatic N) is 3. The minimum Gasteiger partial charge on any atom is -0.493 e. The van der Waals surface area contributed by atoms with Crippen molar-refractivity contribution in [1.29, 1.82) is 0 Å². The van der Waals surface area contributed by atoms with E-state index in [0.29, 0.717) is 67.6 Å². The van der Waals surface area contributed by atoms with Crippen LogP contribution >= 0.6 is 0 Å². The molecule has 0 radical (unpaired) electrons. The summed E-state index contributed by atoms with van der Waals surface area (Å²) in [4.78, 5) is 44.5. The van der Waals surface area contributed by atoms with Crippen molar-refractivity contribution in [3.05, 3.63) is 35.0 Å². The molecule has 10 heteroatoms. The Morgan fingerprint density at radius 1 is 1.06 bits per heavy atom. The third-order valence-electron chi connectivity index (χ3n) is 6.54. The number of nitrogens with one attached hydrogen (secondary N) is 1. The molecule has 0 spiro atoms. The van der Waals surface area contributed by atoms with E-state index in [2.05, 4.69) is 10.2 Å². The van der Waals surface area contributed by atoms with E-state index < -0.39 is 12.0 Å². The smallest absolute Gasteiger partial charge is 0.338 e. The summed E-state index contributed by atoms with van der Waals surface area (Å²) in [5, 5.41) is 2.97. The van der Waals surface area contributed by atoms with E-state index in [-0.39, 0.29) is 24.5 Å². The number of amides is 3. The molecular formula is C26H38N4O6. The number of piperazine rings is 1. The summed E-state index contributed by atoms with van der Waals surface area (Å²) >= 11 is 0.